The van der Waals surface area contributed by atoms with E-state index in [2.05, 4.69) is 24.0 Å². The Morgan fingerprint density at radius 3 is 2.50 bits per heavy atom. The first-order valence-electron chi connectivity index (χ1n) is 11.9. The van der Waals surface area contributed by atoms with Gasteiger partial charge in [-0.2, -0.15) is 0 Å². The third-order valence-corrected chi connectivity index (χ3v) is 7.13. The van der Waals surface area contributed by atoms with Crippen LogP contribution in [-0.2, 0) is 16.8 Å². The minimum Gasteiger partial charge on any atom is -0.387 e. The standard InChI is InChI=1S/C27H36N2O3/c1-19(2)26(31)29-14-6-8-21-17-22(10-11-24(21)29)25(30)18-28-15-12-27(32,13-16-28)23-9-5-4-7-20(23)3/h4-5,7,9-11,17,19,25,30,32H,6,8,12-16,18H2,1-3H3/t25-/m0/s1. The molecule has 1 saturated heterocycles. The fourth-order valence-corrected chi connectivity index (χ4v) is 5.18. The number of hydrogen-bond donors (Lipinski definition) is 2. The average molecular weight is 437 g/mol. The van der Waals surface area contributed by atoms with E-state index in [4.69, 9.17) is 0 Å². The van der Waals surface area contributed by atoms with E-state index in [0.29, 0.717) is 19.4 Å². The van der Waals surface area contributed by atoms with Crippen LogP contribution >= 0.6 is 0 Å². The summed E-state index contributed by atoms with van der Waals surface area (Å²) >= 11 is 0. The number of β-amino-alcohol motifs (C(OH)–C–C–N with tert-alkyl or cyclic N) is 1. The van der Waals surface area contributed by atoms with Crippen molar-refractivity contribution < 1.29 is 15.0 Å². The zero-order chi connectivity index (χ0) is 22.9. The first-order chi connectivity index (χ1) is 15.3. The number of carbonyl (C=O) groups is 1. The quantitative estimate of drug-likeness (QED) is 0.745. The lowest BCUT2D eigenvalue weighted by Gasteiger charge is -2.40. The number of amides is 1. The molecule has 2 aromatic rings. The summed E-state index contributed by atoms with van der Waals surface area (Å²) < 4.78 is 0. The van der Waals surface area contributed by atoms with Gasteiger partial charge in [0.25, 0.3) is 0 Å². The molecule has 2 aliphatic heterocycles. The van der Waals surface area contributed by atoms with Crippen LogP contribution in [0.15, 0.2) is 42.5 Å². The molecule has 172 valence electrons. The molecular weight excluding hydrogens is 400 g/mol. The Morgan fingerprint density at radius 1 is 1.09 bits per heavy atom. The SMILES string of the molecule is Cc1ccccc1C1(O)CCN(C[C@H](O)c2ccc3c(c2)CCCN3C(=O)C(C)C)CC1. The maximum absolute atomic E-state index is 12.6. The number of fused-ring (bicyclic) bond motifs is 1. The van der Waals surface area contributed by atoms with Crippen LogP contribution < -0.4 is 4.90 Å². The summed E-state index contributed by atoms with van der Waals surface area (Å²) in [4.78, 5) is 16.7. The summed E-state index contributed by atoms with van der Waals surface area (Å²) in [5.41, 5.74) is 4.41. The van der Waals surface area contributed by atoms with Crippen molar-refractivity contribution in [2.24, 2.45) is 5.92 Å². The zero-order valence-corrected chi connectivity index (χ0v) is 19.6. The predicted octanol–water partition coefficient (Wildman–Crippen LogP) is 3.95. The second-order valence-corrected chi connectivity index (χ2v) is 9.80. The van der Waals surface area contributed by atoms with Crippen molar-refractivity contribution in [3.8, 4) is 0 Å². The Morgan fingerprint density at radius 2 is 1.81 bits per heavy atom. The van der Waals surface area contributed by atoms with Gasteiger partial charge in [0.1, 0.15) is 0 Å². The van der Waals surface area contributed by atoms with E-state index in [9.17, 15) is 15.0 Å². The van der Waals surface area contributed by atoms with Gasteiger partial charge in [0.2, 0.25) is 5.91 Å². The van der Waals surface area contributed by atoms with Gasteiger partial charge in [0, 0.05) is 37.8 Å². The molecule has 2 aromatic carbocycles. The Bertz CT molecular complexity index is 963. The second-order valence-electron chi connectivity index (χ2n) is 9.80. The van der Waals surface area contributed by atoms with Crippen molar-refractivity contribution in [1.82, 2.24) is 4.90 Å². The van der Waals surface area contributed by atoms with Crippen LogP contribution in [0.3, 0.4) is 0 Å². The third-order valence-electron chi connectivity index (χ3n) is 7.13. The van der Waals surface area contributed by atoms with Crippen LogP contribution in [0.2, 0.25) is 0 Å². The summed E-state index contributed by atoms with van der Waals surface area (Å²) in [7, 11) is 0. The Kier molecular flexibility index (Phi) is 6.70. The highest BCUT2D eigenvalue weighted by Crippen LogP contribution is 2.36. The molecule has 0 radical (unpaired) electrons. The molecule has 5 heteroatoms. The van der Waals surface area contributed by atoms with E-state index >= 15 is 0 Å². The molecule has 1 fully saturated rings. The molecule has 0 unspecified atom stereocenters. The Hall–Kier alpha value is -2.21. The number of aryl methyl sites for hydroxylation is 2. The van der Waals surface area contributed by atoms with Crippen LogP contribution in [-0.4, -0.2) is 47.2 Å². The smallest absolute Gasteiger partial charge is 0.229 e. The first-order valence-corrected chi connectivity index (χ1v) is 11.9. The molecule has 5 nitrogen and oxygen atoms in total. The second kappa shape index (κ2) is 9.34. The van der Waals surface area contributed by atoms with Gasteiger partial charge in [-0.25, -0.2) is 0 Å². The number of benzene rings is 2. The van der Waals surface area contributed by atoms with Gasteiger partial charge in [0.15, 0.2) is 0 Å². The fourth-order valence-electron chi connectivity index (χ4n) is 5.18. The van der Waals surface area contributed by atoms with Gasteiger partial charge < -0.3 is 20.0 Å². The molecule has 32 heavy (non-hydrogen) atoms. The van der Waals surface area contributed by atoms with Crippen molar-refractivity contribution in [3.05, 3.63) is 64.7 Å². The average Bonchev–Trinajstić information content (AvgIpc) is 2.79. The monoisotopic (exact) mass is 436 g/mol. The number of likely N-dealkylation sites (tertiary alicyclic amines) is 1. The van der Waals surface area contributed by atoms with Crippen molar-refractivity contribution in [1.29, 1.82) is 0 Å². The molecule has 0 saturated carbocycles. The van der Waals surface area contributed by atoms with Crippen LogP contribution in [0.25, 0.3) is 0 Å². The molecule has 1 atom stereocenters. The van der Waals surface area contributed by atoms with Crippen molar-refractivity contribution in [3.63, 3.8) is 0 Å². The molecule has 0 aromatic heterocycles. The zero-order valence-electron chi connectivity index (χ0n) is 19.6. The van der Waals surface area contributed by atoms with Gasteiger partial charge in [-0.3, -0.25) is 4.79 Å². The number of aliphatic hydroxyl groups is 2. The molecule has 2 heterocycles. The number of nitrogens with zero attached hydrogens (tertiary/aromatic N) is 2. The Labute approximate surface area is 191 Å². The van der Waals surface area contributed by atoms with Gasteiger partial charge in [-0.05, 0) is 60.9 Å². The van der Waals surface area contributed by atoms with Crippen molar-refractivity contribution in [2.75, 3.05) is 31.1 Å². The van der Waals surface area contributed by atoms with Crippen molar-refractivity contribution >= 4 is 11.6 Å². The minimum atomic E-state index is -0.787. The maximum atomic E-state index is 12.6. The molecular formula is C27H36N2O3. The number of aliphatic hydroxyl groups excluding tert-OH is 1. The van der Waals surface area contributed by atoms with E-state index in [1.807, 2.05) is 49.1 Å². The highest BCUT2D eigenvalue weighted by atomic mass is 16.3. The van der Waals surface area contributed by atoms with Crippen LogP contribution in [0.4, 0.5) is 5.69 Å². The molecule has 4 rings (SSSR count). The van der Waals surface area contributed by atoms with Gasteiger partial charge in [0.05, 0.1) is 11.7 Å². The maximum Gasteiger partial charge on any atom is 0.229 e. The molecule has 0 spiro atoms. The largest absolute Gasteiger partial charge is 0.387 e. The van der Waals surface area contributed by atoms with Crippen LogP contribution in [0.5, 0.6) is 0 Å². The summed E-state index contributed by atoms with van der Waals surface area (Å²) in [6.07, 6.45) is 2.64. The summed E-state index contributed by atoms with van der Waals surface area (Å²) in [5, 5.41) is 22.2. The minimum absolute atomic E-state index is 0.0244. The summed E-state index contributed by atoms with van der Waals surface area (Å²) in [5.74, 6) is 0.136. The van der Waals surface area contributed by atoms with Crippen molar-refractivity contribution in [2.45, 2.75) is 58.2 Å². The number of hydrogen-bond acceptors (Lipinski definition) is 4. The van der Waals surface area contributed by atoms with Gasteiger partial charge in [-0.1, -0.05) is 50.2 Å². The lowest BCUT2D eigenvalue weighted by atomic mass is 9.82. The Balaban J connectivity index is 1.40. The highest BCUT2D eigenvalue weighted by molar-refractivity contribution is 5.95. The molecule has 0 aliphatic carbocycles. The van der Waals surface area contributed by atoms with Crippen LogP contribution in [0.1, 0.15) is 61.5 Å². The van der Waals surface area contributed by atoms with E-state index in [1.54, 1.807) is 0 Å². The predicted molar refractivity (Wildman–Crippen MR) is 128 cm³/mol. The summed E-state index contributed by atoms with van der Waals surface area (Å²) in [6.45, 7) is 8.75. The van der Waals surface area contributed by atoms with Gasteiger partial charge in [-0.15, -0.1) is 0 Å². The fraction of sp³-hybridized carbons (Fsp3) is 0.519. The number of anilines is 1. The van der Waals surface area contributed by atoms with Gasteiger partial charge >= 0.3 is 0 Å². The lowest BCUT2D eigenvalue weighted by Crippen LogP contribution is -2.44. The highest BCUT2D eigenvalue weighted by Gasteiger charge is 2.35. The van der Waals surface area contributed by atoms with E-state index in [0.717, 1.165) is 60.4 Å². The normalized spacial score (nSPS) is 19.6. The van der Waals surface area contributed by atoms with Crippen LogP contribution in [0, 0.1) is 12.8 Å². The number of piperidine rings is 1. The lowest BCUT2D eigenvalue weighted by molar-refractivity contribution is -0.121. The van der Waals surface area contributed by atoms with E-state index in [-0.39, 0.29) is 11.8 Å². The first kappa shape index (κ1) is 23.0. The van der Waals surface area contributed by atoms with E-state index in [1.165, 1.54) is 0 Å². The number of carbonyl (C=O) groups excluding carboxylic acids is 1. The molecule has 2 aliphatic rings. The topological polar surface area (TPSA) is 64.0 Å². The summed E-state index contributed by atoms with van der Waals surface area (Å²) in [6, 6.07) is 14.1. The molecule has 2 N–H and O–H groups in total. The molecule has 1 amide bonds. The third kappa shape index (κ3) is 4.61. The van der Waals surface area contributed by atoms with E-state index < -0.39 is 11.7 Å². The molecule has 0 bridgehead atoms. The number of rotatable bonds is 5.